The Kier molecular flexibility index (Phi) is 8.89. The summed E-state index contributed by atoms with van der Waals surface area (Å²) in [6.45, 7) is 1.59. The third-order valence-electron chi connectivity index (χ3n) is 5.28. The van der Waals surface area contributed by atoms with Gasteiger partial charge in [-0.3, -0.25) is 9.69 Å². The molecule has 1 N–H and O–H groups in total. The molecule has 184 valence electrons. The molecule has 2 aromatic rings. The standard InChI is InChI=1S/C22H27BrN4O6S/c1-31-19-13-21(33-3)20(32-2)12-16(19)14-24-25-22(28)15-26-8-10-27(11-9-26)34(29,30)18-6-4-17(23)5-7-18/h4-7,12-14H,8-11,15H2,1-3H3,(H,25,28)/b24-14-. The fourth-order valence-electron chi connectivity index (χ4n) is 3.45. The normalized spacial score (nSPS) is 15.3. The van der Waals surface area contributed by atoms with Crippen molar-refractivity contribution in [1.29, 1.82) is 0 Å². The summed E-state index contributed by atoms with van der Waals surface area (Å²) in [6, 6.07) is 9.91. The highest BCUT2D eigenvalue weighted by molar-refractivity contribution is 9.10. The van der Waals surface area contributed by atoms with Crippen molar-refractivity contribution in [2.45, 2.75) is 4.90 Å². The maximum absolute atomic E-state index is 12.8. The zero-order chi connectivity index (χ0) is 24.7. The van der Waals surface area contributed by atoms with Gasteiger partial charge in [-0.25, -0.2) is 13.8 Å². The fourth-order valence-corrected chi connectivity index (χ4v) is 5.14. The monoisotopic (exact) mass is 554 g/mol. The minimum Gasteiger partial charge on any atom is -0.496 e. The van der Waals surface area contributed by atoms with E-state index in [2.05, 4.69) is 26.5 Å². The Labute approximate surface area is 207 Å². The van der Waals surface area contributed by atoms with E-state index in [1.54, 1.807) is 36.4 Å². The SMILES string of the molecule is COc1cc(OC)c(OC)cc1/C=N\NC(=O)CN1CCN(S(=O)(=O)c2ccc(Br)cc2)CC1. The lowest BCUT2D eigenvalue weighted by Gasteiger charge is -2.33. The summed E-state index contributed by atoms with van der Waals surface area (Å²) in [4.78, 5) is 14.5. The second-order valence-electron chi connectivity index (χ2n) is 7.38. The molecule has 2 aromatic carbocycles. The summed E-state index contributed by atoms with van der Waals surface area (Å²) in [5.41, 5.74) is 3.10. The predicted octanol–water partition coefficient (Wildman–Crippen LogP) is 1.93. The number of amides is 1. The van der Waals surface area contributed by atoms with Crippen molar-refractivity contribution in [3.8, 4) is 17.2 Å². The van der Waals surface area contributed by atoms with Crippen LogP contribution in [0.3, 0.4) is 0 Å². The van der Waals surface area contributed by atoms with Crippen molar-refractivity contribution < 1.29 is 27.4 Å². The van der Waals surface area contributed by atoms with Gasteiger partial charge >= 0.3 is 0 Å². The number of hydrogen-bond acceptors (Lipinski definition) is 8. The van der Waals surface area contributed by atoms with Gasteiger partial charge in [0.2, 0.25) is 10.0 Å². The molecule has 1 aliphatic heterocycles. The lowest BCUT2D eigenvalue weighted by atomic mass is 10.2. The van der Waals surface area contributed by atoms with Crippen LogP contribution >= 0.6 is 15.9 Å². The third kappa shape index (κ3) is 6.26. The maximum atomic E-state index is 12.8. The van der Waals surface area contributed by atoms with Crippen molar-refractivity contribution in [2.75, 3.05) is 54.1 Å². The Balaban J connectivity index is 1.53. The highest BCUT2D eigenvalue weighted by Crippen LogP contribution is 2.33. The third-order valence-corrected chi connectivity index (χ3v) is 7.72. The summed E-state index contributed by atoms with van der Waals surface area (Å²) in [7, 11) is 1.01. The van der Waals surface area contributed by atoms with Crippen LogP contribution in [0.5, 0.6) is 17.2 Å². The molecular formula is C22H27BrN4O6S. The summed E-state index contributed by atoms with van der Waals surface area (Å²) in [5.74, 6) is 1.23. The average molecular weight is 555 g/mol. The van der Waals surface area contributed by atoms with Gasteiger partial charge < -0.3 is 14.2 Å². The number of hydrazone groups is 1. The van der Waals surface area contributed by atoms with Gasteiger partial charge in [0.25, 0.3) is 5.91 Å². The van der Waals surface area contributed by atoms with Crippen LogP contribution in [-0.2, 0) is 14.8 Å². The van der Waals surface area contributed by atoms with E-state index in [-0.39, 0.29) is 17.3 Å². The van der Waals surface area contributed by atoms with Crippen LogP contribution in [0.1, 0.15) is 5.56 Å². The highest BCUT2D eigenvalue weighted by Gasteiger charge is 2.29. The summed E-state index contributed by atoms with van der Waals surface area (Å²) < 4.78 is 43.7. The molecule has 0 unspecified atom stereocenters. The van der Waals surface area contributed by atoms with Crippen LogP contribution < -0.4 is 19.6 Å². The van der Waals surface area contributed by atoms with E-state index in [1.165, 1.54) is 31.8 Å². The van der Waals surface area contributed by atoms with E-state index < -0.39 is 10.0 Å². The van der Waals surface area contributed by atoms with Gasteiger partial charge in [-0.1, -0.05) is 15.9 Å². The first-order valence-corrected chi connectivity index (χ1v) is 12.6. The molecule has 0 saturated carbocycles. The van der Waals surface area contributed by atoms with Crippen LogP contribution in [0.4, 0.5) is 0 Å². The van der Waals surface area contributed by atoms with Gasteiger partial charge in [-0.2, -0.15) is 9.41 Å². The zero-order valence-electron chi connectivity index (χ0n) is 19.2. The number of nitrogens with zero attached hydrogens (tertiary/aromatic N) is 3. The molecule has 0 radical (unpaired) electrons. The largest absolute Gasteiger partial charge is 0.496 e. The molecule has 0 aliphatic carbocycles. The summed E-state index contributed by atoms with van der Waals surface area (Å²) in [5, 5.41) is 4.01. The number of sulfonamides is 1. The van der Waals surface area contributed by atoms with Gasteiger partial charge in [0.1, 0.15) is 5.75 Å². The highest BCUT2D eigenvalue weighted by atomic mass is 79.9. The Morgan fingerprint density at radius 1 is 1.00 bits per heavy atom. The molecule has 3 rings (SSSR count). The topological polar surface area (TPSA) is 110 Å². The van der Waals surface area contributed by atoms with Crippen molar-refractivity contribution in [2.24, 2.45) is 5.10 Å². The zero-order valence-corrected chi connectivity index (χ0v) is 21.6. The van der Waals surface area contributed by atoms with E-state index in [0.29, 0.717) is 49.0 Å². The number of carbonyl (C=O) groups excluding carboxylic acids is 1. The van der Waals surface area contributed by atoms with Gasteiger partial charge in [0.15, 0.2) is 11.5 Å². The minimum absolute atomic E-state index is 0.104. The number of halogens is 1. The molecule has 0 bridgehead atoms. The number of rotatable bonds is 9. The predicted molar refractivity (Wildman–Crippen MR) is 131 cm³/mol. The molecule has 1 saturated heterocycles. The quantitative estimate of drug-likeness (QED) is 0.372. The first-order chi connectivity index (χ1) is 16.3. The second-order valence-corrected chi connectivity index (χ2v) is 10.2. The molecule has 10 nitrogen and oxygen atoms in total. The Bertz CT molecular complexity index is 1130. The molecule has 1 heterocycles. The smallest absolute Gasteiger partial charge is 0.254 e. The Morgan fingerprint density at radius 3 is 2.18 bits per heavy atom. The Hall–Kier alpha value is -2.67. The van der Waals surface area contributed by atoms with E-state index in [4.69, 9.17) is 14.2 Å². The first kappa shape index (κ1) is 25.9. The second kappa shape index (κ2) is 11.6. The van der Waals surface area contributed by atoms with Crippen LogP contribution in [0.15, 0.2) is 50.9 Å². The molecule has 1 aliphatic rings. The van der Waals surface area contributed by atoms with Gasteiger partial charge in [-0.15, -0.1) is 0 Å². The van der Waals surface area contributed by atoms with E-state index in [0.717, 1.165) is 4.47 Å². The minimum atomic E-state index is -3.56. The van der Waals surface area contributed by atoms with Gasteiger partial charge in [0.05, 0.1) is 39.0 Å². The van der Waals surface area contributed by atoms with E-state index in [9.17, 15) is 13.2 Å². The van der Waals surface area contributed by atoms with Crippen molar-refractivity contribution >= 4 is 38.1 Å². The first-order valence-electron chi connectivity index (χ1n) is 10.4. The number of nitrogens with one attached hydrogen (secondary N) is 1. The average Bonchev–Trinajstić information content (AvgIpc) is 2.84. The molecule has 0 atom stereocenters. The van der Waals surface area contributed by atoms with Gasteiger partial charge in [0, 0.05) is 42.3 Å². The number of carbonyl (C=O) groups is 1. The van der Waals surface area contributed by atoms with Crippen LogP contribution in [0.2, 0.25) is 0 Å². The van der Waals surface area contributed by atoms with Crippen molar-refractivity contribution in [3.05, 3.63) is 46.4 Å². The number of benzene rings is 2. The lowest BCUT2D eigenvalue weighted by Crippen LogP contribution is -2.50. The van der Waals surface area contributed by atoms with Crippen LogP contribution in [0, 0.1) is 0 Å². The molecule has 0 spiro atoms. The van der Waals surface area contributed by atoms with Crippen molar-refractivity contribution in [3.63, 3.8) is 0 Å². The lowest BCUT2D eigenvalue weighted by molar-refractivity contribution is -0.122. The summed E-state index contributed by atoms with van der Waals surface area (Å²) in [6.07, 6.45) is 1.46. The van der Waals surface area contributed by atoms with E-state index >= 15 is 0 Å². The van der Waals surface area contributed by atoms with E-state index in [1.807, 2.05) is 4.90 Å². The number of hydrogen-bond donors (Lipinski definition) is 1. The van der Waals surface area contributed by atoms with Crippen molar-refractivity contribution in [1.82, 2.24) is 14.6 Å². The molecule has 1 amide bonds. The molecule has 12 heteroatoms. The van der Waals surface area contributed by atoms with Crippen LogP contribution in [0.25, 0.3) is 0 Å². The molecule has 34 heavy (non-hydrogen) atoms. The molecule has 1 fully saturated rings. The number of piperazine rings is 1. The molecule has 0 aromatic heterocycles. The fraction of sp³-hybridized carbons (Fsp3) is 0.364. The Morgan fingerprint density at radius 2 is 1.59 bits per heavy atom. The number of methoxy groups -OCH3 is 3. The number of ether oxygens (including phenoxy) is 3. The van der Waals surface area contributed by atoms with Gasteiger partial charge in [-0.05, 0) is 30.3 Å². The summed E-state index contributed by atoms with van der Waals surface area (Å²) >= 11 is 3.31. The molecular weight excluding hydrogens is 528 g/mol. The van der Waals surface area contributed by atoms with Crippen LogP contribution in [-0.4, -0.2) is 83.8 Å². The maximum Gasteiger partial charge on any atom is 0.254 e.